The van der Waals surface area contributed by atoms with E-state index in [1.807, 2.05) is 6.07 Å². The van der Waals surface area contributed by atoms with Crippen LogP contribution in [-0.4, -0.2) is 23.0 Å². The maximum Gasteiger partial charge on any atom is 0.127 e. The second-order valence-corrected chi connectivity index (χ2v) is 4.67. The zero-order chi connectivity index (χ0) is 11.4. The lowest BCUT2D eigenvalue weighted by atomic mass is 9.85. The first kappa shape index (κ1) is 11.4. The van der Waals surface area contributed by atoms with E-state index >= 15 is 0 Å². The van der Waals surface area contributed by atoms with Crippen molar-refractivity contribution in [2.24, 2.45) is 5.92 Å². The highest BCUT2D eigenvalue weighted by molar-refractivity contribution is 5.38. The van der Waals surface area contributed by atoms with Crippen molar-refractivity contribution in [2.75, 3.05) is 18.8 Å². The number of nitrogens with two attached hydrogens (primary N) is 1. The van der Waals surface area contributed by atoms with Crippen molar-refractivity contribution in [2.45, 2.75) is 32.7 Å². The normalized spacial score (nSPS) is 16.4. The summed E-state index contributed by atoms with van der Waals surface area (Å²) in [6.45, 7) is 5.45. The van der Waals surface area contributed by atoms with E-state index in [0.717, 1.165) is 24.6 Å². The second-order valence-electron chi connectivity index (χ2n) is 4.67. The van der Waals surface area contributed by atoms with Crippen molar-refractivity contribution in [3.05, 3.63) is 23.9 Å². The summed E-state index contributed by atoms with van der Waals surface area (Å²) in [5.74, 6) is 1.59. The smallest absolute Gasteiger partial charge is 0.127 e. The van der Waals surface area contributed by atoms with Crippen molar-refractivity contribution in [3.8, 4) is 0 Å². The number of aromatic nitrogens is 1. The molecule has 0 spiro atoms. The Kier molecular flexibility index (Phi) is 3.78. The van der Waals surface area contributed by atoms with Gasteiger partial charge < -0.3 is 5.73 Å². The third kappa shape index (κ3) is 2.73. The van der Waals surface area contributed by atoms with Gasteiger partial charge in [-0.15, -0.1) is 0 Å². The first-order valence-electron chi connectivity index (χ1n) is 6.21. The SMILES string of the molecule is CCN(Cc1cccnc1N)CC1CCC1. The average Bonchev–Trinajstić information content (AvgIpc) is 2.24. The summed E-state index contributed by atoms with van der Waals surface area (Å²) in [7, 11) is 0. The molecule has 1 aromatic heterocycles. The predicted octanol–water partition coefficient (Wildman–Crippen LogP) is 2.29. The third-order valence-corrected chi connectivity index (χ3v) is 3.51. The molecule has 0 aromatic carbocycles. The van der Waals surface area contributed by atoms with Gasteiger partial charge in [-0.1, -0.05) is 19.4 Å². The molecule has 0 bridgehead atoms. The van der Waals surface area contributed by atoms with Crippen LogP contribution in [0.1, 0.15) is 31.7 Å². The Balaban J connectivity index is 1.92. The Morgan fingerprint density at radius 3 is 2.88 bits per heavy atom. The predicted molar refractivity (Wildman–Crippen MR) is 66.9 cm³/mol. The molecular formula is C13H21N3. The van der Waals surface area contributed by atoms with Crippen LogP contribution in [0.15, 0.2) is 18.3 Å². The summed E-state index contributed by atoms with van der Waals surface area (Å²) >= 11 is 0. The molecule has 1 aromatic rings. The maximum atomic E-state index is 5.86. The first-order chi connectivity index (χ1) is 7.79. The van der Waals surface area contributed by atoms with Crippen molar-refractivity contribution >= 4 is 5.82 Å². The second kappa shape index (κ2) is 5.30. The van der Waals surface area contributed by atoms with Crippen LogP contribution in [0.25, 0.3) is 0 Å². The van der Waals surface area contributed by atoms with Crippen LogP contribution in [0.3, 0.4) is 0 Å². The standard InChI is InChI=1S/C13H21N3/c1-2-16(9-11-5-3-6-11)10-12-7-4-8-15-13(12)14/h4,7-8,11H,2-3,5-6,9-10H2,1H3,(H2,14,15). The highest BCUT2D eigenvalue weighted by Gasteiger charge is 2.20. The van der Waals surface area contributed by atoms with Crippen LogP contribution >= 0.6 is 0 Å². The molecule has 0 amide bonds. The van der Waals surface area contributed by atoms with Gasteiger partial charge in [-0.2, -0.15) is 0 Å². The molecule has 1 aliphatic rings. The first-order valence-corrected chi connectivity index (χ1v) is 6.21. The Morgan fingerprint density at radius 1 is 1.50 bits per heavy atom. The van der Waals surface area contributed by atoms with Crippen LogP contribution in [0.4, 0.5) is 5.82 Å². The zero-order valence-corrected chi connectivity index (χ0v) is 10.0. The Labute approximate surface area is 97.7 Å². The summed E-state index contributed by atoms with van der Waals surface area (Å²) < 4.78 is 0. The van der Waals surface area contributed by atoms with Gasteiger partial charge >= 0.3 is 0 Å². The number of nitrogens with zero attached hydrogens (tertiary/aromatic N) is 2. The van der Waals surface area contributed by atoms with Crippen molar-refractivity contribution in [1.82, 2.24) is 9.88 Å². The van der Waals surface area contributed by atoms with Crippen LogP contribution in [-0.2, 0) is 6.54 Å². The molecule has 88 valence electrons. The van der Waals surface area contributed by atoms with Gasteiger partial charge in [0.15, 0.2) is 0 Å². The van der Waals surface area contributed by atoms with Gasteiger partial charge in [-0.25, -0.2) is 4.98 Å². The molecule has 2 N–H and O–H groups in total. The topological polar surface area (TPSA) is 42.2 Å². The molecule has 0 radical (unpaired) electrons. The molecule has 0 aliphatic heterocycles. The number of rotatable bonds is 5. The summed E-state index contributed by atoms with van der Waals surface area (Å²) in [6.07, 6.45) is 5.97. The van der Waals surface area contributed by atoms with Crippen LogP contribution in [0.5, 0.6) is 0 Å². The lowest BCUT2D eigenvalue weighted by Crippen LogP contribution is -2.32. The van der Waals surface area contributed by atoms with Gasteiger partial charge in [0, 0.05) is 24.8 Å². The van der Waals surface area contributed by atoms with Crippen molar-refractivity contribution < 1.29 is 0 Å². The maximum absolute atomic E-state index is 5.86. The minimum atomic E-state index is 0.676. The van der Waals surface area contributed by atoms with Gasteiger partial charge in [0.1, 0.15) is 5.82 Å². The Hall–Kier alpha value is -1.09. The monoisotopic (exact) mass is 219 g/mol. The zero-order valence-electron chi connectivity index (χ0n) is 10.0. The van der Waals surface area contributed by atoms with Crippen molar-refractivity contribution in [1.29, 1.82) is 0 Å². The van der Waals surface area contributed by atoms with Gasteiger partial charge in [0.25, 0.3) is 0 Å². The lowest BCUT2D eigenvalue weighted by Gasteiger charge is -2.31. The van der Waals surface area contributed by atoms with E-state index in [9.17, 15) is 0 Å². The third-order valence-electron chi connectivity index (χ3n) is 3.51. The summed E-state index contributed by atoms with van der Waals surface area (Å²) in [6, 6.07) is 4.04. The van der Waals surface area contributed by atoms with E-state index in [1.165, 1.54) is 25.8 Å². The Morgan fingerprint density at radius 2 is 2.31 bits per heavy atom. The largest absolute Gasteiger partial charge is 0.383 e. The molecule has 1 fully saturated rings. The average molecular weight is 219 g/mol. The number of nitrogen functional groups attached to an aromatic ring is 1. The molecule has 0 unspecified atom stereocenters. The fourth-order valence-electron chi connectivity index (χ4n) is 2.17. The van der Waals surface area contributed by atoms with E-state index in [1.54, 1.807) is 6.20 Å². The molecule has 0 saturated heterocycles. The molecule has 1 heterocycles. The van der Waals surface area contributed by atoms with Gasteiger partial charge in [0.05, 0.1) is 0 Å². The molecule has 1 aliphatic carbocycles. The quantitative estimate of drug-likeness (QED) is 0.826. The highest BCUT2D eigenvalue weighted by atomic mass is 15.1. The minimum absolute atomic E-state index is 0.676. The molecule has 2 rings (SSSR count). The number of anilines is 1. The van der Waals surface area contributed by atoms with Gasteiger partial charge in [-0.05, 0) is 31.4 Å². The highest BCUT2D eigenvalue weighted by Crippen LogP contribution is 2.27. The fourth-order valence-corrected chi connectivity index (χ4v) is 2.17. The summed E-state index contributed by atoms with van der Waals surface area (Å²) in [5, 5.41) is 0. The van der Waals surface area contributed by atoms with Crippen LogP contribution in [0.2, 0.25) is 0 Å². The lowest BCUT2D eigenvalue weighted by molar-refractivity contribution is 0.178. The molecule has 3 nitrogen and oxygen atoms in total. The summed E-state index contributed by atoms with van der Waals surface area (Å²) in [4.78, 5) is 6.60. The van der Waals surface area contributed by atoms with E-state index in [4.69, 9.17) is 5.73 Å². The molecule has 1 saturated carbocycles. The van der Waals surface area contributed by atoms with Crippen LogP contribution < -0.4 is 5.73 Å². The Bertz CT molecular complexity index is 334. The molecular weight excluding hydrogens is 198 g/mol. The van der Waals surface area contributed by atoms with E-state index in [2.05, 4.69) is 22.9 Å². The van der Waals surface area contributed by atoms with Crippen molar-refractivity contribution in [3.63, 3.8) is 0 Å². The summed E-state index contributed by atoms with van der Waals surface area (Å²) in [5.41, 5.74) is 7.02. The molecule has 0 atom stereocenters. The van der Waals surface area contributed by atoms with E-state index in [-0.39, 0.29) is 0 Å². The fraction of sp³-hybridized carbons (Fsp3) is 0.615. The van der Waals surface area contributed by atoms with E-state index in [0.29, 0.717) is 5.82 Å². The van der Waals surface area contributed by atoms with E-state index < -0.39 is 0 Å². The number of hydrogen-bond donors (Lipinski definition) is 1. The molecule has 16 heavy (non-hydrogen) atoms. The van der Waals surface area contributed by atoms with Crippen LogP contribution in [0, 0.1) is 5.92 Å². The number of hydrogen-bond acceptors (Lipinski definition) is 3. The molecule has 3 heteroatoms. The minimum Gasteiger partial charge on any atom is -0.383 e. The van der Waals surface area contributed by atoms with Gasteiger partial charge in [-0.3, -0.25) is 4.90 Å². The van der Waals surface area contributed by atoms with Gasteiger partial charge in [0.2, 0.25) is 0 Å². The number of pyridine rings is 1.